The van der Waals surface area contributed by atoms with Crippen molar-refractivity contribution in [2.45, 2.75) is 53.8 Å². The van der Waals surface area contributed by atoms with Crippen LogP contribution in [0.5, 0.6) is 0 Å². The van der Waals surface area contributed by atoms with Crippen molar-refractivity contribution in [3.63, 3.8) is 0 Å². The number of rotatable bonds is 5. The lowest BCUT2D eigenvalue weighted by Crippen LogP contribution is -2.32. The van der Waals surface area contributed by atoms with E-state index in [1.165, 1.54) is 23.9 Å². The Bertz CT molecular complexity index is 818. The molecule has 2 atom stereocenters. The maximum atomic E-state index is 13.7. The van der Waals surface area contributed by atoms with E-state index in [0.29, 0.717) is 17.9 Å². The van der Waals surface area contributed by atoms with E-state index < -0.39 is 12.2 Å². The van der Waals surface area contributed by atoms with Gasteiger partial charge in [-0.3, -0.25) is 4.98 Å². The Balaban J connectivity index is 1.80. The van der Waals surface area contributed by atoms with Gasteiger partial charge in [0, 0.05) is 32.9 Å². The lowest BCUT2D eigenvalue weighted by atomic mass is 9.93. The zero-order valence-electron chi connectivity index (χ0n) is 15.5. The summed E-state index contributed by atoms with van der Waals surface area (Å²) in [6, 6.07) is 5.69. The molecule has 1 aliphatic rings. The molecule has 27 heavy (non-hydrogen) atoms. The van der Waals surface area contributed by atoms with Gasteiger partial charge in [-0.1, -0.05) is 0 Å². The maximum Gasteiger partial charge on any atom is 0.263 e. The number of ether oxygens (including phenoxy) is 1. The summed E-state index contributed by atoms with van der Waals surface area (Å²) in [5, 5.41) is 0. The number of pyridine rings is 1. The molecule has 0 N–H and O–H groups in total. The van der Waals surface area contributed by atoms with Crippen LogP contribution in [0.4, 0.5) is 13.2 Å². The number of aryl methyl sites for hydroxylation is 1. The molecule has 2 unspecified atom stereocenters. The van der Waals surface area contributed by atoms with Crippen molar-refractivity contribution in [1.82, 2.24) is 4.98 Å². The average molecular weight is 414 g/mol. The van der Waals surface area contributed by atoms with Crippen molar-refractivity contribution in [1.29, 1.82) is 0 Å². The lowest BCUT2D eigenvalue weighted by molar-refractivity contribution is -0.000722. The molecule has 0 spiro atoms. The second-order valence-electron chi connectivity index (χ2n) is 6.96. The Morgan fingerprint density at radius 2 is 2.00 bits per heavy atom. The largest absolute Gasteiger partial charge is 0.372 e. The van der Waals surface area contributed by atoms with Gasteiger partial charge in [0.2, 0.25) is 0 Å². The zero-order chi connectivity index (χ0) is 19.6. The number of halogens is 3. The van der Waals surface area contributed by atoms with Crippen LogP contribution in [0.15, 0.2) is 40.3 Å². The molecule has 0 bridgehead atoms. The first-order chi connectivity index (χ1) is 12.8. The molecule has 0 saturated carbocycles. The van der Waals surface area contributed by atoms with Crippen LogP contribution >= 0.6 is 23.5 Å². The molecule has 0 radical (unpaired) electrons. The quantitative estimate of drug-likeness (QED) is 0.516. The Kier molecular flexibility index (Phi) is 6.43. The van der Waals surface area contributed by atoms with Crippen LogP contribution in [0.25, 0.3) is 0 Å². The van der Waals surface area contributed by atoms with Gasteiger partial charge < -0.3 is 4.74 Å². The average Bonchev–Trinajstić information content (AvgIpc) is 2.60. The van der Waals surface area contributed by atoms with Gasteiger partial charge in [-0.15, -0.1) is 23.5 Å². The fraction of sp³-hybridized carbons (Fsp3) is 0.450. The van der Waals surface area contributed by atoms with E-state index in [0.717, 1.165) is 28.6 Å². The Morgan fingerprint density at radius 3 is 2.67 bits per heavy atom. The van der Waals surface area contributed by atoms with Crippen molar-refractivity contribution in [3.05, 3.63) is 53.1 Å². The Morgan fingerprint density at radius 1 is 1.22 bits per heavy atom. The predicted octanol–water partition coefficient (Wildman–Crippen LogP) is 6.59. The van der Waals surface area contributed by atoms with Crippen LogP contribution in [0.2, 0.25) is 0 Å². The van der Waals surface area contributed by atoms with E-state index in [9.17, 15) is 13.2 Å². The monoisotopic (exact) mass is 413 g/mol. The molecular formula is C20H22F3NOS2. The van der Waals surface area contributed by atoms with Crippen molar-refractivity contribution in [3.8, 4) is 0 Å². The molecule has 0 amide bonds. The first-order valence-corrected chi connectivity index (χ1v) is 10.7. The van der Waals surface area contributed by atoms with E-state index >= 15 is 0 Å². The molecule has 0 aliphatic carbocycles. The van der Waals surface area contributed by atoms with Crippen LogP contribution in [0.1, 0.15) is 49.1 Å². The molecule has 2 heterocycles. The van der Waals surface area contributed by atoms with Gasteiger partial charge in [-0.05, 0) is 62.8 Å². The fourth-order valence-corrected chi connectivity index (χ4v) is 5.11. The summed E-state index contributed by atoms with van der Waals surface area (Å²) in [5.74, 6) is -0.632. The first kappa shape index (κ1) is 20.6. The fourth-order valence-electron chi connectivity index (χ4n) is 3.30. The molecular weight excluding hydrogens is 391 g/mol. The second-order valence-corrected chi connectivity index (χ2v) is 9.50. The molecule has 1 aromatic heterocycles. The van der Waals surface area contributed by atoms with Crippen molar-refractivity contribution in [2.24, 2.45) is 0 Å². The summed E-state index contributed by atoms with van der Waals surface area (Å²) >= 11 is 3.08. The molecule has 1 fully saturated rings. The highest BCUT2D eigenvalue weighted by Gasteiger charge is 2.36. The number of nitrogens with zero attached hydrogens (tertiary/aromatic N) is 1. The Hall–Kier alpha value is -1.18. The molecule has 2 nitrogen and oxygen atoms in total. The van der Waals surface area contributed by atoms with Gasteiger partial charge in [-0.2, -0.15) is 0 Å². The van der Waals surface area contributed by atoms with E-state index in [4.69, 9.17) is 4.74 Å². The van der Waals surface area contributed by atoms with Gasteiger partial charge >= 0.3 is 0 Å². The van der Waals surface area contributed by atoms with Crippen LogP contribution in [0, 0.1) is 12.7 Å². The minimum Gasteiger partial charge on any atom is -0.372 e. The summed E-state index contributed by atoms with van der Waals surface area (Å²) < 4.78 is 45.4. The molecule has 1 aliphatic heterocycles. The van der Waals surface area contributed by atoms with Crippen LogP contribution in [-0.4, -0.2) is 22.6 Å². The highest BCUT2D eigenvalue weighted by atomic mass is 32.2. The van der Waals surface area contributed by atoms with Crippen molar-refractivity contribution < 1.29 is 17.9 Å². The second kappa shape index (κ2) is 8.45. The van der Waals surface area contributed by atoms with E-state index in [2.05, 4.69) is 18.0 Å². The smallest absolute Gasteiger partial charge is 0.263 e. The van der Waals surface area contributed by atoms with Gasteiger partial charge in [0.25, 0.3) is 6.43 Å². The molecule has 1 aromatic carbocycles. The van der Waals surface area contributed by atoms with Crippen LogP contribution in [0.3, 0.4) is 0 Å². The number of hydrogen-bond acceptors (Lipinski definition) is 4. The topological polar surface area (TPSA) is 22.1 Å². The third kappa shape index (κ3) is 5.00. The van der Waals surface area contributed by atoms with Crippen molar-refractivity contribution in [2.75, 3.05) is 12.9 Å². The third-order valence-electron chi connectivity index (χ3n) is 4.71. The summed E-state index contributed by atoms with van der Waals surface area (Å²) in [6.07, 6.45) is 2.46. The first-order valence-electron chi connectivity index (χ1n) is 8.69. The van der Waals surface area contributed by atoms with Gasteiger partial charge in [-0.25, -0.2) is 13.2 Å². The standard InChI is InChI=1S/C20H22F3NOS2/c1-12-6-16(26-3)11-24-18(12)17-10-20(2,4-5-25-17)27-15-8-13(19(22)23)7-14(21)9-15/h6-9,11,17,19H,4-5,10H2,1-3H3. The minimum absolute atomic E-state index is 0.157. The number of alkyl halides is 2. The zero-order valence-corrected chi connectivity index (χ0v) is 17.1. The van der Waals surface area contributed by atoms with Crippen molar-refractivity contribution >= 4 is 23.5 Å². The lowest BCUT2D eigenvalue weighted by Gasteiger charge is -2.38. The summed E-state index contributed by atoms with van der Waals surface area (Å²) in [7, 11) is 0. The molecule has 1 saturated heterocycles. The third-order valence-corrected chi connectivity index (χ3v) is 6.74. The van der Waals surface area contributed by atoms with E-state index in [1.54, 1.807) is 11.8 Å². The summed E-state index contributed by atoms with van der Waals surface area (Å²) in [6.45, 7) is 4.65. The van der Waals surface area contributed by atoms with Gasteiger partial charge in [0.15, 0.2) is 0 Å². The minimum atomic E-state index is -2.68. The molecule has 3 rings (SSSR count). The number of thioether (sulfide) groups is 2. The molecule has 146 valence electrons. The Labute approximate surface area is 166 Å². The summed E-state index contributed by atoms with van der Waals surface area (Å²) in [5.41, 5.74) is 1.70. The van der Waals surface area contributed by atoms with Gasteiger partial charge in [0.05, 0.1) is 5.69 Å². The van der Waals surface area contributed by atoms with Crippen LogP contribution < -0.4 is 0 Å². The summed E-state index contributed by atoms with van der Waals surface area (Å²) in [4.78, 5) is 6.21. The predicted molar refractivity (Wildman–Crippen MR) is 104 cm³/mol. The normalized spacial score (nSPS) is 23.0. The highest BCUT2D eigenvalue weighted by Crippen LogP contribution is 2.46. The molecule has 7 heteroatoms. The highest BCUT2D eigenvalue weighted by molar-refractivity contribution is 8.00. The maximum absolute atomic E-state index is 13.7. The number of aromatic nitrogens is 1. The number of hydrogen-bond donors (Lipinski definition) is 0. The van der Waals surface area contributed by atoms with Gasteiger partial charge in [0.1, 0.15) is 11.9 Å². The number of benzene rings is 1. The van der Waals surface area contributed by atoms with E-state index in [1.807, 2.05) is 19.4 Å². The van der Waals surface area contributed by atoms with Crippen LogP contribution in [-0.2, 0) is 4.74 Å². The SMILES string of the molecule is CSc1cnc(C2CC(C)(Sc3cc(F)cc(C(F)F)c3)CCO2)c(C)c1. The van der Waals surface area contributed by atoms with E-state index in [-0.39, 0.29) is 16.4 Å². The molecule has 2 aromatic rings.